The average molecular weight is 226 g/mol. The third-order valence-corrected chi connectivity index (χ3v) is 2.99. The Balaban J connectivity index is 2.13. The minimum absolute atomic E-state index is 1.10. The Bertz CT molecular complexity index is 622. The van der Waals surface area contributed by atoms with Gasteiger partial charge in [0.1, 0.15) is 12.7 Å². The van der Waals surface area contributed by atoms with Crippen molar-refractivity contribution >= 4 is 10.9 Å². The van der Waals surface area contributed by atoms with Gasteiger partial charge in [0.05, 0.1) is 0 Å². The maximum absolute atomic E-state index is 3.83. The molecule has 3 rings (SSSR count). The third kappa shape index (κ3) is 1.71. The molecule has 0 aliphatic carbocycles. The Morgan fingerprint density at radius 3 is 2.82 bits per heavy atom. The van der Waals surface area contributed by atoms with Gasteiger partial charge in [-0.25, -0.2) is 0 Å². The van der Waals surface area contributed by atoms with Gasteiger partial charge >= 0.3 is 0 Å². The number of H-pyrrole nitrogens is 1. The molecule has 0 fully saturated rings. The first-order chi connectivity index (χ1) is 8.38. The summed E-state index contributed by atoms with van der Waals surface area (Å²) in [5.41, 5.74) is 3.65. The van der Waals surface area contributed by atoms with Crippen LogP contribution < -0.4 is 0 Å². The lowest BCUT2D eigenvalue weighted by Gasteiger charge is -2.02. The van der Waals surface area contributed by atoms with E-state index in [4.69, 9.17) is 0 Å². The van der Waals surface area contributed by atoms with Gasteiger partial charge in [0.2, 0.25) is 0 Å². The van der Waals surface area contributed by atoms with E-state index in [1.54, 1.807) is 12.7 Å². The van der Waals surface area contributed by atoms with Gasteiger partial charge in [-0.2, -0.15) is 0 Å². The fraction of sp³-hybridized carbons (Fsp3) is 0.231. The number of hydrogen-bond donors (Lipinski definition) is 1. The van der Waals surface area contributed by atoms with Crippen LogP contribution in [0.3, 0.4) is 0 Å². The molecule has 2 heterocycles. The maximum Gasteiger partial charge on any atom is 0.123 e. The van der Waals surface area contributed by atoms with E-state index in [0.29, 0.717) is 0 Å². The van der Waals surface area contributed by atoms with E-state index in [-0.39, 0.29) is 0 Å². The Kier molecular flexibility index (Phi) is 2.40. The lowest BCUT2D eigenvalue weighted by molar-refractivity contribution is 0.928. The van der Waals surface area contributed by atoms with Crippen molar-refractivity contribution in [3.05, 3.63) is 42.6 Å². The number of rotatable bonds is 3. The minimum atomic E-state index is 1.10. The normalized spacial score (nSPS) is 11.1. The topological polar surface area (TPSA) is 46.5 Å². The van der Waals surface area contributed by atoms with Gasteiger partial charge in [-0.05, 0) is 30.2 Å². The van der Waals surface area contributed by atoms with E-state index in [2.05, 4.69) is 46.5 Å². The zero-order valence-corrected chi connectivity index (χ0v) is 9.72. The van der Waals surface area contributed by atoms with E-state index in [1.165, 1.54) is 16.5 Å². The number of fused-ring (bicyclic) bond motifs is 1. The van der Waals surface area contributed by atoms with Gasteiger partial charge in [-0.1, -0.05) is 13.3 Å². The largest absolute Gasteiger partial charge is 0.361 e. The van der Waals surface area contributed by atoms with Gasteiger partial charge in [-0.3, -0.25) is 4.57 Å². The van der Waals surface area contributed by atoms with Crippen LogP contribution in [0.25, 0.3) is 16.6 Å². The molecule has 17 heavy (non-hydrogen) atoms. The van der Waals surface area contributed by atoms with Crippen LogP contribution in [0.1, 0.15) is 18.9 Å². The molecule has 0 atom stereocenters. The highest BCUT2D eigenvalue weighted by Crippen LogP contribution is 2.22. The highest BCUT2D eigenvalue weighted by atomic mass is 15.2. The van der Waals surface area contributed by atoms with Gasteiger partial charge in [-0.15, -0.1) is 10.2 Å². The smallest absolute Gasteiger partial charge is 0.123 e. The Morgan fingerprint density at radius 2 is 2.06 bits per heavy atom. The lowest BCUT2D eigenvalue weighted by atomic mass is 10.1. The fourth-order valence-electron chi connectivity index (χ4n) is 2.14. The molecule has 0 unspecified atom stereocenters. The van der Waals surface area contributed by atoms with E-state index in [0.717, 1.165) is 18.5 Å². The highest BCUT2D eigenvalue weighted by Gasteiger charge is 2.04. The van der Waals surface area contributed by atoms with Gasteiger partial charge in [0, 0.05) is 22.8 Å². The van der Waals surface area contributed by atoms with Gasteiger partial charge in [0.15, 0.2) is 0 Å². The van der Waals surface area contributed by atoms with Crippen LogP contribution in [-0.4, -0.2) is 19.7 Å². The van der Waals surface area contributed by atoms with Crippen LogP contribution in [0.5, 0.6) is 0 Å². The SMILES string of the molecule is CCCc1c[nH]c2ccc(-n3cnnc3)cc12. The van der Waals surface area contributed by atoms with Gasteiger partial charge in [0.25, 0.3) is 0 Å². The predicted molar refractivity (Wildman–Crippen MR) is 67.2 cm³/mol. The maximum atomic E-state index is 3.83. The van der Waals surface area contributed by atoms with E-state index in [9.17, 15) is 0 Å². The number of aromatic amines is 1. The first-order valence-electron chi connectivity index (χ1n) is 5.83. The van der Waals surface area contributed by atoms with Crippen LogP contribution in [-0.2, 0) is 6.42 Å². The molecule has 1 aromatic carbocycles. The summed E-state index contributed by atoms with van der Waals surface area (Å²) in [5, 5.41) is 8.95. The fourth-order valence-corrected chi connectivity index (χ4v) is 2.14. The first kappa shape index (κ1) is 10.1. The molecular formula is C13H14N4. The summed E-state index contributed by atoms with van der Waals surface area (Å²) in [6.07, 6.45) is 7.79. The zero-order valence-electron chi connectivity index (χ0n) is 9.72. The number of benzene rings is 1. The molecule has 0 aliphatic heterocycles. The van der Waals surface area contributed by atoms with Crippen molar-refractivity contribution in [3.63, 3.8) is 0 Å². The van der Waals surface area contributed by atoms with Crippen molar-refractivity contribution in [2.24, 2.45) is 0 Å². The second-order valence-corrected chi connectivity index (χ2v) is 4.16. The van der Waals surface area contributed by atoms with Crippen molar-refractivity contribution in [1.29, 1.82) is 0 Å². The number of hydrogen-bond acceptors (Lipinski definition) is 2. The molecule has 2 aromatic heterocycles. The zero-order chi connectivity index (χ0) is 11.7. The van der Waals surface area contributed by atoms with Crippen LogP contribution in [0.4, 0.5) is 0 Å². The van der Waals surface area contributed by atoms with Gasteiger partial charge < -0.3 is 4.98 Å². The van der Waals surface area contributed by atoms with Crippen molar-refractivity contribution in [1.82, 2.24) is 19.7 Å². The number of nitrogens with one attached hydrogen (secondary N) is 1. The summed E-state index contributed by atoms with van der Waals surface area (Å²) < 4.78 is 1.92. The second kappa shape index (κ2) is 4.05. The molecule has 4 heteroatoms. The number of aromatic nitrogens is 4. The second-order valence-electron chi connectivity index (χ2n) is 4.16. The van der Waals surface area contributed by atoms with Crippen LogP contribution >= 0.6 is 0 Å². The molecule has 0 bridgehead atoms. The van der Waals surface area contributed by atoms with E-state index in [1.807, 2.05) is 4.57 Å². The monoisotopic (exact) mass is 226 g/mol. The van der Waals surface area contributed by atoms with Crippen molar-refractivity contribution < 1.29 is 0 Å². The quantitative estimate of drug-likeness (QED) is 0.746. The summed E-state index contributed by atoms with van der Waals surface area (Å²) in [4.78, 5) is 3.30. The van der Waals surface area contributed by atoms with Crippen molar-refractivity contribution in [2.45, 2.75) is 19.8 Å². The molecule has 0 aliphatic rings. The molecule has 0 spiro atoms. The molecule has 86 valence electrons. The van der Waals surface area contributed by atoms with Crippen LogP contribution in [0.15, 0.2) is 37.1 Å². The molecule has 4 nitrogen and oxygen atoms in total. The summed E-state index contributed by atoms with van der Waals surface area (Å²) >= 11 is 0. The molecular weight excluding hydrogens is 212 g/mol. The molecule has 0 saturated heterocycles. The standard InChI is InChI=1S/C13H14N4/c1-2-3-10-7-14-13-5-4-11(6-12(10)13)17-8-15-16-9-17/h4-9,14H,2-3H2,1H3. The van der Waals surface area contributed by atoms with Crippen molar-refractivity contribution in [3.8, 4) is 5.69 Å². The molecule has 0 radical (unpaired) electrons. The summed E-state index contributed by atoms with van der Waals surface area (Å²) in [5.74, 6) is 0. The lowest BCUT2D eigenvalue weighted by Crippen LogP contribution is -1.89. The first-order valence-corrected chi connectivity index (χ1v) is 5.83. The van der Waals surface area contributed by atoms with E-state index < -0.39 is 0 Å². The molecule has 3 aromatic rings. The van der Waals surface area contributed by atoms with Crippen LogP contribution in [0, 0.1) is 0 Å². The Labute approximate surface area is 99.3 Å². The number of aryl methyl sites for hydroxylation is 1. The summed E-state index contributed by atoms with van der Waals surface area (Å²) in [6, 6.07) is 6.35. The predicted octanol–water partition coefficient (Wildman–Crippen LogP) is 2.70. The number of nitrogens with zero attached hydrogens (tertiary/aromatic N) is 3. The molecule has 0 saturated carbocycles. The average Bonchev–Trinajstić information content (AvgIpc) is 2.98. The third-order valence-electron chi connectivity index (χ3n) is 2.99. The van der Waals surface area contributed by atoms with Crippen LogP contribution in [0.2, 0.25) is 0 Å². The Hall–Kier alpha value is -2.10. The molecule has 1 N–H and O–H groups in total. The Morgan fingerprint density at radius 1 is 1.24 bits per heavy atom. The summed E-state index contributed by atoms with van der Waals surface area (Å²) in [6.45, 7) is 2.20. The van der Waals surface area contributed by atoms with Crippen molar-refractivity contribution in [2.75, 3.05) is 0 Å². The van der Waals surface area contributed by atoms with E-state index >= 15 is 0 Å². The minimum Gasteiger partial charge on any atom is -0.361 e. The molecule has 0 amide bonds. The highest BCUT2D eigenvalue weighted by molar-refractivity contribution is 5.85. The summed E-state index contributed by atoms with van der Waals surface area (Å²) in [7, 11) is 0.